The van der Waals surface area contributed by atoms with Crippen LogP contribution in [0, 0.1) is 0 Å². The van der Waals surface area contributed by atoms with E-state index in [0.717, 1.165) is 77.0 Å². The first-order valence-electron chi connectivity index (χ1n) is 31.6. The van der Waals surface area contributed by atoms with Crippen molar-refractivity contribution < 1.29 is 28.6 Å². The van der Waals surface area contributed by atoms with Gasteiger partial charge >= 0.3 is 17.9 Å². The van der Waals surface area contributed by atoms with Crippen LogP contribution in [0.1, 0.15) is 335 Å². The summed E-state index contributed by atoms with van der Waals surface area (Å²) in [5.74, 6) is -0.873. The number of allylic oxidation sites excluding steroid dienone is 8. The monoisotopic (exact) mass is 1010 g/mol. The minimum Gasteiger partial charge on any atom is -0.462 e. The van der Waals surface area contributed by atoms with Crippen LogP contribution in [0.15, 0.2) is 48.6 Å². The Hall–Kier alpha value is -2.63. The van der Waals surface area contributed by atoms with E-state index in [2.05, 4.69) is 69.4 Å². The highest BCUT2D eigenvalue weighted by atomic mass is 16.6. The molecule has 420 valence electrons. The number of ether oxygens (including phenoxy) is 3. The van der Waals surface area contributed by atoms with Gasteiger partial charge in [0.25, 0.3) is 0 Å². The zero-order chi connectivity index (χ0) is 52.2. The molecular formula is C66H120O6. The van der Waals surface area contributed by atoms with Crippen molar-refractivity contribution >= 4 is 17.9 Å². The standard InChI is InChI=1S/C66H120O6/c1-4-7-10-13-16-19-22-25-28-31-32-33-34-36-38-41-44-47-50-53-56-59-65(68)71-62-63(61-70-64(67)58-55-52-49-46-43-40-37-30-27-24-21-18-15-12-9-6-3)72-66(69)60-57-54-51-48-45-42-39-35-29-26-23-20-17-14-11-8-5-2/h22,25-26,29,31-32,34,36,63H,4-21,23-24,27-28,30,33,35,37-62H2,1-3H3/b25-22-,29-26-,32-31-,36-34-. The molecule has 0 N–H and O–H groups in total. The summed E-state index contributed by atoms with van der Waals surface area (Å²) in [6.07, 6.45) is 75.3. The molecule has 0 saturated carbocycles. The average Bonchev–Trinajstić information content (AvgIpc) is 3.38. The Morgan fingerprint density at radius 3 is 0.792 bits per heavy atom. The molecule has 0 amide bonds. The summed E-state index contributed by atoms with van der Waals surface area (Å²) in [5, 5.41) is 0. The quantitative estimate of drug-likeness (QED) is 0.0261. The second-order valence-electron chi connectivity index (χ2n) is 21.3. The van der Waals surface area contributed by atoms with Gasteiger partial charge < -0.3 is 14.2 Å². The zero-order valence-corrected chi connectivity index (χ0v) is 48.2. The summed E-state index contributed by atoms with van der Waals surface area (Å²) in [5.41, 5.74) is 0. The molecule has 0 aliphatic heterocycles. The molecule has 0 aliphatic carbocycles. The normalized spacial score (nSPS) is 12.3. The van der Waals surface area contributed by atoms with Crippen molar-refractivity contribution in [3.8, 4) is 0 Å². The number of esters is 3. The topological polar surface area (TPSA) is 78.9 Å². The maximum atomic E-state index is 12.9. The van der Waals surface area contributed by atoms with Gasteiger partial charge in [0.15, 0.2) is 6.10 Å². The molecule has 0 radical (unpaired) electrons. The maximum absolute atomic E-state index is 12.9. The van der Waals surface area contributed by atoms with Crippen LogP contribution < -0.4 is 0 Å². The minimum absolute atomic E-state index is 0.0756. The molecule has 0 spiro atoms. The van der Waals surface area contributed by atoms with Gasteiger partial charge in [-0.3, -0.25) is 14.4 Å². The first kappa shape index (κ1) is 69.4. The molecule has 0 fully saturated rings. The van der Waals surface area contributed by atoms with Gasteiger partial charge in [0.05, 0.1) is 0 Å². The lowest BCUT2D eigenvalue weighted by Gasteiger charge is -2.18. The van der Waals surface area contributed by atoms with Crippen LogP contribution >= 0.6 is 0 Å². The van der Waals surface area contributed by atoms with Crippen molar-refractivity contribution in [2.75, 3.05) is 13.2 Å². The first-order valence-corrected chi connectivity index (χ1v) is 31.6. The number of carbonyl (C=O) groups excluding carboxylic acids is 3. The fraction of sp³-hybridized carbons (Fsp3) is 0.833. The van der Waals surface area contributed by atoms with Gasteiger partial charge in [-0.25, -0.2) is 0 Å². The molecule has 0 rings (SSSR count). The van der Waals surface area contributed by atoms with Crippen molar-refractivity contribution in [3.05, 3.63) is 48.6 Å². The van der Waals surface area contributed by atoms with Crippen LogP contribution in [0.3, 0.4) is 0 Å². The summed E-state index contributed by atoms with van der Waals surface area (Å²) in [4.78, 5) is 38.3. The van der Waals surface area contributed by atoms with Crippen LogP contribution in [0.2, 0.25) is 0 Å². The van der Waals surface area contributed by atoms with E-state index in [0.29, 0.717) is 19.3 Å². The van der Waals surface area contributed by atoms with Crippen molar-refractivity contribution in [1.29, 1.82) is 0 Å². The predicted octanol–water partition coefficient (Wildman–Crippen LogP) is 21.4. The molecule has 72 heavy (non-hydrogen) atoms. The molecule has 0 aromatic heterocycles. The maximum Gasteiger partial charge on any atom is 0.306 e. The van der Waals surface area contributed by atoms with Gasteiger partial charge in [0.1, 0.15) is 13.2 Å². The molecule has 1 unspecified atom stereocenters. The van der Waals surface area contributed by atoms with Crippen molar-refractivity contribution in [1.82, 2.24) is 0 Å². The lowest BCUT2D eigenvalue weighted by Crippen LogP contribution is -2.30. The molecular weight excluding hydrogens is 889 g/mol. The summed E-state index contributed by atoms with van der Waals surface area (Å²) in [6, 6.07) is 0. The van der Waals surface area contributed by atoms with Crippen LogP contribution in [-0.2, 0) is 28.6 Å². The van der Waals surface area contributed by atoms with Crippen molar-refractivity contribution in [2.24, 2.45) is 0 Å². The van der Waals surface area contributed by atoms with Gasteiger partial charge in [0.2, 0.25) is 0 Å². The lowest BCUT2D eigenvalue weighted by molar-refractivity contribution is -0.167. The van der Waals surface area contributed by atoms with Crippen LogP contribution in [0.25, 0.3) is 0 Å². The lowest BCUT2D eigenvalue weighted by atomic mass is 10.0. The van der Waals surface area contributed by atoms with E-state index in [1.165, 1.54) is 218 Å². The van der Waals surface area contributed by atoms with E-state index in [1.807, 2.05) is 0 Å². The molecule has 1 atom stereocenters. The Labute approximate surface area is 448 Å². The number of hydrogen-bond acceptors (Lipinski definition) is 6. The number of carbonyl (C=O) groups is 3. The number of rotatable bonds is 58. The summed E-state index contributed by atoms with van der Waals surface area (Å²) < 4.78 is 16.9. The molecule has 6 nitrogen and oxygen atoms in total. The molecule has 0 saturated heterocycles. The Kier molecular flexibility index (Phi) is 58.7. The smallest absolute Gasteiger partial charge is 0.306 e. The minimum atomic E-state index is -0.780. The van der Waals surface area contributed by atoms with E-state index in [9.17, 15) is 14.4 Å². The molecule has 6 heteroatoms. The SMILES string of the molecule is CCCCCCC/C=C\C/C=C\C/C=C\CCCCCCCCC(=O)OCC(COC(=O)CCCCCCCCCCCCCCCCCC)OC(=O)CCCCCCCCC/C=C\CCCCCCCC. The third kappa shape index (κ3) is 58.3. The Morgan fingerprint density at radius 1 is 0.278 bits per heavy atom. The van der Waals surface area contributed by atoms with E-state index in [1.54, 1.807) is 0 Å². The second-order valence-corrected chi connectivity index (χ2v) is 21.3. The summed E-state index contributed by atoms with van der Waals surface area (Å²) >= 11 is 0. The molecule has 0 aromatic rings. The summed E-state index contributed by atoms with van der Waals surface area (Å²) in [7, 11) is 0. The Morgan fingerprint density at radius 2 is 0.500 bits per heavy atom. The molecule has 0 aromatic carbocycles. The second kappa shape index (κ2) is 60.9. The van der Waals surface area contributed by atoms with Crippen molar-refractivity contribution in [2.45, 2.75) is 341 Å². The molecule has 0 heterocycles. The molecule has 0 bridgehead atoms. The highest BCUT2D eigenvalue weighted by molar-refractivity contribution is 5.71. The van der Waals surface area contributed by atoms with Crippen LogP contribution in [-0.4, -0.2) is 37.2 Å². The fourth-order valence-corrected chi connectivity index (χ4v) is 9.27. The highest BCUT2D eigenvalue weighted by Gasteiger charge is 2.19. The van der Waals surface area contributed by atoms with Crippen LogP contribution in [0.5, 0.6) is 0 Å². The number of unbranched alkanes of at least 4 members (excludes halogenated alkanes) is 39. The van der Waals surface area contributed by atoms with Gasteiger partial charge in [-0.05, 0) is 83.5 Å². The van der Waals surface area contributed by atoms with E-state index in [4.69, 9.17) is 14.2 Å². The molecule has 0 aliphatic rings. The predicted molar refractivity (Wildman–Crippen MR) is 312 cm³/mol. The van der Waals surface area contributed by atoms with Gasteiger partial charge in [0, 0.05) is 19.3 Å². The third-order valence-electron chi connectivity index (χ3n) is 14.1. The van der Waals surface area contributed by atoms with Gasteiger partial charge in [-0.2, -0.15) is 0 Å². The number of hydrogen-bond donors (Lipinski definition) is 0. The largest absolute Gasteiger partial charge is 0.462 e. The highest BCUT2D eigenvalue weighted by Crippen LogP contribution is 2.17. The van der Waals surface area contributed by atoms with Crippen molar-refractivity contribution in [3.63, 3.8) is 0 Å². The zero-order valence-electron chi connectivity index (χ0n) is 48.2. The van der Waals surface area contributed by atoms with E-state index >= 15 is 0 Å². The van der Waals surface area contributed by atoms with Crippen LogP contribution in [0.4, 0.5) is 0 Å². The fourth-order valence-electron chi connectivity index (χ4n) is 9.27. The van der Waals surface area contributed by atoms with Gasteiger partial charge in [-0.15, -0.1) is 0 Å². The average molecular weight is 1010 g/mol. The third-order valence-corrected chi connectivity index (χ3v) is 14.1. The summed E-state index contributed by atoms with van der Waals surface area (Å²) in [6.45, 7) is 6.66. The van der Waals surface area contributed by atoms with E-state index in [-0.39, 0.29) is 31.1 Å². The van der Waals surface area contributed by atoms with E-state index < -0.39 is 6.10 Å². The van der Waals surface area contributed by atoms with Gasteiger partial charge in [-0.1, -0.05) is 281 Å². The Balaban J connectivity index is 4.37. The first-order chi connectivity index (χ1) is 35.5. The Bertz CT molecular complexity index is 1250.